The zero-order valence-electron chi connectivity index (χ0n) is 13.8. The van der Waals surface area contributed by atoms with Crippen molar-refractivity contribution >= 4 is 6.09 Å². The molecule has 1 atom stereocenters. The number of alkyl carbamates (subject to hydrolysis) is 1. The lowest BCUT2D eigenvalue weighted by molar-refractivity contribution is 0.0381. The molecule has 3 N–H and O–H groups in total. The minimum atomic E-state index is -0.434. The van der Waals surface area contributed by atoms with Crippen molar-refractivity contribution in [2.75, 3.05) is 26.2 Å². The third-order valence-electron chi connectivity index (χ3n) is 4.37. The predicted octanol–water partition coefficient (Wildman–Crippen LogP) is 2.02. The molecule has 2 fully saturated rings. The zero-order chi connectivity index (χ0) is 15.3. The first-order chi connectivity index (χ1) is 9.89. The molecule has 5 nitrogen and oxygen atoms in total. The fraction of sp³-hybridized carbons (Fsp3) is 0.938. The number of hydrogen-bond acceptors (Lipinski definition) is 4. The van der Waals surface area contributed by atoms with Crippen LogP contribution in [0.15, 0.2) is 0 Å². The van der Waals surface area contributed by atoms with E-state index in [9.17, 15) is 4.79 Å². The Kier molecular flexibility index (Phi) is 5.49. The third kappa shape index (κ3) is 5.47. The van der Waals surface area contributed by atoms with E-state index in [4.69, 9.17) is 4.74 Å². The highest BCUT2D eigenvalue weighted by atomic mass is 16.6. The summed E-state index contributed by atoms with van der Waals surface area (Å²) < 4.78 is 5.38. The molecule has 1 unspecified atom stereocenters. The number of hydrogen-bond donors (Lipinski definition) is 3. The van der Waals surface area contributed by atoms with Crippen LogP contribution in [0.4, 0.5) is 4.79 Å². The van der Waals surface area contributed by atoms with Crippen molar-refractivity contribution in [3.63, 3.8) is 0 Å². The molecular weight excluding hydrogens is 266 g/mol. The van der Waals surface area contributed by atoms with Gasteiger partial charge in [-0.15, -0.1) is 0 Å². The maximum atomic E-state index is 12.0. The molecule has 5 heteroatoms. The molecule has 2 aliphatic rings. The van der Waals surface area contributed by atoms with Crippen LogP contribution >= 0.6 is 0 Å². The first-order valence-electron chi connectivity index (χ1n) is 8.31. The first-order valence-corrected chi connectivity index (χ1v) is 8.31. The Bertz CT molecular complexity index is 342. The van der Waals surface area contributed by atoms with E-state index in [1.165, 1.54) is 19.3 Å². The molecule has 0 aromatic heterocycles. The molecule has 1 aliphatic heterocycles. The number of ether oxygens (including phenoxy) is 1. The van der Waals surface area contributed by atoms with Crippen molar-refractivity contribution in [3.8, 4) is 0 Å². The zero-order valence-corrected chi connectivity index (χ0v) is 13.8. The molecule has 122 valence electrons. The first kappa shape index (κ1) is 16.6. The summed E-state index contributed by atoms with van der Waals surface area (Å²) in [5, 5.41) is 10.1. The second-order valence-corrected chi connectivity index (χ2v) is 7.60. The van der Waals surface area contributed by atoms with Crippen LogP contribution in [-0.2, 0) is 4.74 Å². The normalized spacial score (nSPS) is 25.0. The summed E-state index contributed by atoms with van der Waals surface area (Å²) in [4.78, 5) is 12.0. The molecule has 0 aromatic rings. The molecule has 1 amide bonds. The number of carbonyl (C=O) groups is 1. The van der Waals surface area contributed by atoms with Gasteiger partial charge in [-0.2, -0.15) is 0 Å². The molecule has 0 spiro atoms. The van der Waals surface area contributed by atoms with Gasteiger partial charge in [0.1, 0.15) is 5.60 Å². The third-order valence-corrected chi connectivity index (χ3v) is 4.37. The Hall–Kier alpha value is -0.810. The van der Waals surface area contributed by atoms with Gasteiger partial charge in [-0.25, -0.2) is 4.79 Å². The Balaban J connectivity index is 1.72. The van der Waals surface area contributed by atoms with Crippen molar-refractivity contribution in [1.29, 1.82) is 0 Å². The average molecular weight is 297 g/mol. The molecule has 0 aromatic carbocycles. The van der Waals surface area contributed by atoms with Gasteiger partial charge in [-0.3, -0.25) is 0 Å². The minimum absolute atomic E-state index is 0.0928. The van der Waals surface area contributed by atoms with Gasteiger partial charge in [0.15, 0.2) is 0 Å². The second kappa shape index (κ2) is 6.97. The summed E-state index contributed by atoms with van der Waals surface area (Å²) >= 11 is 0. The van der Waals surface area contributed by atoms with E-state index >= 15 is 0 Å². The summed E-state index contributed by atoms with van der Waals surface area (Å²) in [5.74, 6) is 0.720. The van der Waals surface area contributed by atoms with E-state index in [2.05, 4.69) is 16.0 Å². The maximum Gasteiger partial charge on any atom is 0.408 e. The average Bonchev–Trinajstić information content (AvgIpc) is 2.34. The van der Waals surface area contributed by atoms with Gasteiger partial charge < -0.3 is 20.7 Å². The quantitative estimate of drug-likeness (QED) is 0.726. The van der Waals surface area contributed by atoms with Crippen LogP contribution in [0.1, 0.15) is 52.9 Å². The monoisotopic (exact) mass is 297 g/mol. The fourth-order valence-electron chi connectivity index (χ4n) is 3.08. The highest BCUT2D eigenvalue weighted by Crippen LogP contribution is 2.31. The molecule has 2 rings (SSSR count). The largest absolute Gasteiger partial charge is 0.444 e. The Morgan fingerprint density at radius 2 is 2.10 bits per heavy atom. The molecule has 0 radical (unpaired) electrons. The SMILES string of the molecule is CC(C)(C)OC(=O)NC1(CNCC2CCCNC2)CCC1. The number of carbonyl (C=O) groups excluding carboxylic acids is 1. The van der Waals surface area contributed by atoms with Crippen LogP contribution in [-0.4, -0.2) is 43.4 Å². The van der Waals surface area contributed by atoms with Gasteiger partial charge in [0.05, 0.1) is 5.54 Å². The minimum Gasteiger partial charge on any atom is -0.444 e. The van der Waals surface area contributed by atoms with Gasteiger partial charge in [0, 0.05) is 6.54 Å². The van der Waals surface area contributed by atoms with E-state index in [0.717, 1.165) is 44.9 Å². The summed E-state index contributed by atoms with van der Waals surface area (Å²) in [6.45, 7) is 9.84. The molecule has 21 heavy (non-hydrogen) atoms. The van der Waals surface area contributed by atoms with E-state index < -0.39 is 5.60 Å². The maximum absolute atomic E-state index is 12.0. The van der Waals surface area contributed by atoms with Crippen LogP contribution in [0.5, 0.6) is 0 Å². The van der Waals surface area contributed by atoms with Crippen molar-refractivity contribution < 1.29 is 9.53 Å². The number of rotatable bonds is 5. The van der Waals surface area contributed by atoms with Crippen LogP contribution in [0.2, 0.25) is 0 Å². The van der Waals surface area contributed by atoms with E-state index in [-0.39, 0.29) is 11.6 Å². The molecule has 0 bridgehead atoms. The number of piperidine rings is 1. The fourth-order valence-corrected chi connectivity index (χ4v) is 3.08. The van der Waals surface area contributed by atoms with Crippen molar-refractivity contribution in [3.05, 3.63) is 0 Å². The predicted molar refractivity (Wildman–Crippen MR) is 84.4 cm³/mol. The smallest absolute Gasteiger partial charge is 0.408 e. The molecule has 1 aliphatic carbocycles. The van der Waals surface area contributed by atoms with Gasteiger partial charge in [0.25, 0.3) is 0 Å². The molecule has 1 heterocycles. The van der Waals surface area contributed by atoms with Crippen molar-refractivity contribution in [1.82, 2.24) is 16.0 Å². The lowest BCUT2D eigenvalue weighted by atomic mass is 9.76. The van der Waals surface area contributed by atoms with Gasteiger partial charge in [-0.05, 0) is 78.4 Å². The topological polar surface area (TPSA) is 62.4 Å². The van der Waals surface area contributed by atoms with Crippen LogP contribution < -0.4 is 16.0 Å². The van der Waals surface area contributed by atoms with E-state index in [1.807, 2.05) is 20.8 Å². The summed E-state index contributed by atoms with van der Waals surface area (Å²) in [5.41, 5.74) is -0.527. The van der Waals surface area contributed by atoms with Crippen LogP contribution in [0.3, 0.4) is 0 Å². The van der Waals surface area contributed by atoms with E-state index in [0.29, 0.717) is 0 Å². The summed E-state index contributed by atoms with van der Waals surface area (Å²) in [6.07, 6.45) is 5.55. The van der Waals surface area contributed by atoms with Gasteiger partial charge in [-0.1, -0.05) is 0 Å². The standard InChI is InChI=1S/C16H31N3O2/c1-15(2,3)21-14(20)19-16(7-5-8-16)12-18-11-13-6-4-9-17-10-13/h13,17-18H,4-12H2,1-3H3,(H,19,20). The second-order valence-electron chi connectivity index (χ2n) is 7.60. The van der Waals surface area contributed by atoms with E-state index in [1.54, 1.807) is 0 Å². The lowest BCUT2D eigenvalue weighted by Crippen LogP contribution is -2.60. The summed E-state index contributed by atoms with van der Waals surface area (Å²) in [6, 6.07) is 0. The molecular formula is C16H31N3O2. The molecule has 1 saturated carbocycles. The number of amides is 1. The molecule has 1 saturated heterocycles. The van der Waals surface area contributed by atoms with Crippen LogP contribution in [0, 0.1) is 5.92 Å². The lowest BCUT2D eigenvalue weighted by Gasteiger charge is -2.43. The van der Waals surface area contributed by atoms with Crippen molar-refractivity contribution in [2.45, 2.75) is 64.0 Å². The van der Waals surface area contributed by atoms with Crippen molar-refractivity contribution in [2.24, 2.45) is 5.92 Å². The van der Waals surface area contributed by atoms with Gasteiger partial charge in [0.2, 0.25) is 0 Å². The Morgan fingerprint density at radius 1 is 1.33 bits per heavy atom. The number of nitrogens with one attached hydrogen (secondary N) is 3. The highest BCUT2D eigenvalue weighted by Gasteiger charge is 2.39. The van der Waals surface area contributed by atoms with Gasteiger partial charge >= 0.3 is 6.09 Å². The summed E-state index contributed by atoms with van der Waals surface area (Å²) in [7, 11) is 0. The Labute approximate surface area is 128 Å². The van der Waals surface area contributed by atoms with Crippen LogP contribution in [0.25, 0.3) is 0 Å². The highest BCUT2D eigenvalue weighted by molar-refractivity contribution is 5.69. The Morgan fingerprint density at radius 3 is 2.62 bits per heavy atom.